The first-order chi connectivity index (χ1) is 25.8. The fraction of sp³-hybridized carbons (Fsp3) is 0. The van der Waals surface area contributed by atoms with E-state index in [1.807, 2.05) is 0 Å². The van der Waals surface area contributed by atoms with E-state index >= 15 is 0 Å². The highest BCUT2D eigenvalue weighted by Crippen LogP contribution is 2.38. The molecule has 0 N–H and O–H groups in total. The lowest BCUT2D eigenvalue weighted by atomic mass is 9.94. The number of hydrogen-bond acceptors (Lipinski definition) is 2. The summed E-state index contributed by atoms with van der Waals surface area (Å²) in [5.41, 5.74) is 13.2. The van der Waals surface area contributed by atoms with E-state index in [2.05, 4.69) is 194 Å². The first-order valence-corrected chi connectivity index (χ1v) is 17.7. The second kappa shape index (κ2) is 12.5. The van der Waals surface area contributed by atoms with Crippen LogP contribution in [-0.4, -0.2) is 9.97 Å². The van der Waals surface area contributed by atoms with Crippen LogP contribution in [0, 0.1) is 0 Å². The van der Waals surface area contributed by atoms with Crippen LogP contribution in [0.4, 0.5) is 0 Å². The maximum absolute atomic E-state index is 5.28. The fourth-order valence-corrected chi connectivity index (χ4v) is 7.65. The highest BCUT2D eigenvalue weighted by Gasteiger charge is 2.14. The summed E-state index contributed by atoms with van der Waals surface area (Å²) in [5.74, 6) is 0. The monoisotopic (exact) mass is 660 g/mol. The molecule has 2 heterocycles. The van der Waals surface area contributed by atoms with Crippen LogP contribution in [0.3, 0.4) is 0 Å². The first kappa shape index (κ1) is 30.0. The summed E-state index contributed by atoms with van der Waals surface area (Å²) >= 11 is 0. The third-order valence-electron chi connectivity index (χ3n) is 10.2. The van der Waals surface area contributed by atoms with E-state index in [-0.39, 0.29) is 0 Å². The average Bonchev–Trinajstić information content (AvgIpc) is 3.22. The van der Waals surface area contributed by atoms with Crippen molar-refractivity contribution in [2.75, 3.05) is 0 Å². The number of fused-ring (bicyclic) bond motifs is 4. The van der Waals surface area contributed by atoms with Crippen molar-refractivity contribution in [2.45, 2.75) is 0 Å². The Balaban J connectivity index is 0.987. The van der Waals surface area contributed by atoms with Gasteiger partial charge in [0.05, 0.1) is 22.4 Å². The van der Waals surface area contributed by atoms with Crippen LogP contribution in [0.15, 0.2) is 194 Å². The minimum atomic E-state index is 0.965. The molecule has 2 heteroatoms. The molecule has 52 heavy (non-hydrogen) atoms. The predicted molar refractivity (Wildman–Crippen MR) is 219 cm³/mol. The molecule has 0 fully saturated rings. The molecule has 0 bridgehead atoms. The summed E-state index contributed by atoms with van der Waals surface area (Å²) < 4.78 is 0. The highest BCUT2D eigenvalue weighted by atomic mass is 14.7. The number of nitrogens with zero attached hydrogens (tertiary/aromatic N) is 2. The van der Waals surface area contributed by atoms with Crippen molar-refractivity contribution in [3.05, 3.63) is 194 Å². The van der Waals surface area contributed by atoms with Crippen molar-refractivity contribution in [1.29, 1.82) is 0 Å². The molecule has 2 aromatic heterocycles. The Morgan fingerprint density at radius 2 is 0.615 bits per heavy atom. The quantitative estimate of drug-likeness (QED) is 0.172. The Hall–Kier alpha value is -6.90. The molecule has 0 aliphatic carbocycles. The summed E-state index contributed by atoms with van der Waals surface area (Å²) in [6.07, 6.45) is 0. The third kappa shape index (κ3) is 5.21. The molecule has 10 aromatic rings. The second-order valence-electron chi connectivity index (χ2n) is 13.4. The summed E-state index contributed by atoms with van der Waals surface area (Å²) in [4.78, 5) is 10.6. The normalized spacial score (nSPS) is 11.5. The standard InChI is InChI=1S/C50H32N2/c1-3-11-37(12-4-1)47-43-17-9-7-15-39(43)31-41-27-29-45(51-49(41)47)35-23-19-33(20-24-35)34-21-25-36(26-22-34)46-30-28-42-32-40-16-8-10-18-44(40)48(50(42)52-46)38-13-5-2-6-14-38/h1-32H. The molecule has 0 saturated heterocycles. The van der Waals surface area contributed by atoms with Crippen LogP contribution in [-0.2, 0) is 0 Å². The number of benzene rings is 8. The molecular formula is C50H32N2. The van der Waals surface area contributed by atoms with Gasteiger partial charge in [-0.1, -0.05) is 170 Å². The van der Waals surface area contributed by atoms with Gasteiger partial charge in [0.2, 0.25) is 0 Å². The Kier molecular flexibility index (Phi) is 7.18. The molecule has 0 aliphatic heterocycles. The van der Waals surface area contributed by atoms with Gasteiger partial charge >= 0.3 is 0 Å². The zero-order valence-corrected chi connectivity index (χ0v) is 28.4. The minimum Gasteiger partial charge on any atom is -0.247 e. The van der Waals surface area contributed by atoms with Crippen LogP contribution in [0.1, 0.15) is 0 Å². The van der Waals surface area contributed by atoms with Gasteiger partial charge in [-0.2, -0.15) is 0 Å². The van der Waals surface area contributed by atoms with Crippen molar-refractivity contribution < 1.29 is 0 Å². The highest BCUT2D eigenvalue weighted by molar-refractivity contribution is 6.12. The van der Waals surface area contributed by atoms with Gasteiger partial charge < -0.3 is 0 Å². The number of aromatic nitrogens is 2. The fourth-order valence-electron chi connectivity index (χ4n) is 7.65. The Morgan fingerprint density at radius 1 is 0.250 bits per heavy atom. The van der Waals surface area contributed by atoms with Gasteiger partial charge in [-0.05, 0) is 68.1 Å². The molecule has 2 nitrogen and oxygen atoms in total. The van der Waals surface area contributed by atoms with E-state index < -0.39 is 0 Å². The molecule has 0 aliphatic rings. The van der Waals surface area contributed by atoms with Gasteiger partial charge in [-0.25, -0.2) is 9.97 Å². The van der Waals surface area contributed by atoms with Crippen molar-refractivity contribution >= 4 is 43.4 Å². The molecule has 8 aromatic carbocycles. The molecule has 242 valence electrons. The van der Waals surface area contributed by atoms with Crippen LogP contribution in [0.2, 0.25) is 0 Å². The van der Waals surface area contributed by atoms with E-state index in [0.29, 0.717) is 0 Å². The molecule has 0 spiro atoms. The van der Waals surface area contributed by atoms with Gasteiger partial charge in [-0.3, -0.25) is 0 Å². The molecule has 0 unspecified atom stereocenters. The molecule has 0 atom stereocenters. The van der Waals surface area contributed by atoms with E-state index in [1.54, 1.807) is 0 Å². The zero-order chi connectivity index (χ0) is 34.4. The van der Waals surface area contributed by atoms with E-state index in [0.717, 1.165) is 55.4 Å². The lowest BCUT2D eigenvalue weighted by Crippen LogP contribution is -1.91. The van der Waals surface area contributed by atoms with Gasteiger partial charge in [0.1, 0.15) is 0 Å². The smallest absolute Gasteiger partial charge is 0.0794 e. The Labute approximate surface area is 302 Å². The molecule has 10 rings (SSSR count). The summed E-state index contributed by atoms with van der Waals surface area (Å²) in [6, 6.07) is 69.1. The van der Waals surface area contributed by atoms with Crippen molar-refractivity contribution in [1.82, 2.24) is 9.97 Å². The second-order valence-corrected chi connectivity index (χ2v) is 13.4. The molecule has 0 saturated carbocycles. The van der Waals surface area contributed by atoms with Crippen LogP contribution >= 0.6 is 0 Å². The maximum atomic E-state index is 5.28. The van der Waals surface area contributed by atoms with E-state index in [1.165, 1.54) is 43.8 Å². The van der Waals surface area contributed by atoms with Gasteiger partial charge in [0, 0.05) is 33.0 Å². The summed E-state index contributed by atoms with van der Waals surface area (Å²) in [6.45, 7) is 0. The maximum Gasteiger partial charge on any atom is 0.0794 e. The number of pyridine rings is 2. The topological polar surface area (TPSA) is 25.8 Å². The predicted octanol–water partition coefficient (Wildman–Crippen LogP) is 13.4. The average molecular weight is 661 g/mol. The van der Waals surface area contributed by atoms with Crippen LogP contribution in [0.5, 0.6) is 0 Å². The van der Waals surface area contributed by atoms with E-state index in [4.69, 9.17) is 9.97 Å². The molecule has 0 amide bonds. The summed E-state index contributed by atoms with van der Waals surface area (Å²) in [7, 11) is 0. The minimum absolute atomic E-state index is 0.965. The van der Waals surface area contributed by atoms with Crippen molar-refractivity contribution in [2.24, 2.45) is 0 Å². The lowest BCUT2D eigenvalue weighted by molar-refractivity contribution is 1.40. The summed E-state index contributed by atoms with van der Waals surface area (Å²) in [5, 5.41) is 7.16. The van der Waals surface area contributed by atoms with Crippen molar-refractivity contribution in [3.63, 3.8) is 0 Å². The van der Waals surface area contributed by atoms with Gasteiger partial charge in [0.25, 0.3) is 0 Å². The van der Waals surface area contributed by atoms with Gasteiger partial charge in [-0.15, -0.1) is 0 Å². The zero-order valence-electron chi connectivity index (χ0n) is 28.4. The van der Waals surface area contributed by atoms with Crippen LogP contribution < -0.4 is 0 Å². The number of rotatable bonds is 5. The molecular weight excluding hydrogens is 629 g/mol. The first-order valence-electron chi connectivity index (χ1n) is 17.7. The number of hydrogen-bond donors (Lipinski definition) is 0. The SMILES string of the molecule is c1ccc(-c2c3ccccc3cc3ccc(-c4ccc(-c5ccc(-c6ccc7cc8ccccc8c(-c8ccccc8)c7n6)cc5)cc4)nc23)cc1. The molecule has 0 radical (unpaired) electrons. The Morgan fingerprint density at radius 3 is 1.04 bits per heavy atom. The lowest BCUT2D eigenvalue weighted by Gasteiger charge is -2.13. The van der Waals surface area contributed by atoms with Crippen LogP contribution in [0.25, 0.3) is 99.2 Å². The Bertz CT molecular complexity index is 2710. The third-order valence-corrected chi connectivity index (χ3v) is 10.2. The van der Waals surface area contributed by atoms with Crippen molar-refractivity contribution in [3.8, 4) is 55.9 Å². The van der Waals surface area contributed by atoms with E-state index in [9.17, 15) is 0 Å². The largest absolute Gasteiger partial charge is 0.247 e. The van der Waals surface area contributed by atoms with Gasteiger partial charge in [0.15, 0.2) is 0 Å².